The lowest BCUT2D eigenvalue weighted by Gasteiger charge is -2.27. The quantitative estimate of drug-likeness (QED) is 0.264. The number of carbonyl (C=O) groups is 2. The van der Waals surface area contributed by atoms with E-state index in [1.54, 1.807) is 18.2 Å². The van der Waals surface area contributed by atoms with Crippen LogP contribution in [0.4, 0.5) is 17.6 Å². The molecule has 1 amide bonds. The van der Waals surface area contributed by atoms with Crippen molar-refractivity contribution in [2.24, 2.45) is 0 Å². The Morgan fingerprint density at radius 2 is 1.44 bits per heavy atom. The number of ketones is 1. The average Bonchev–Trinajstić information content (AvgIpc) is 2.91. The molecular weight excluding hydrogens is 536 g/mol. The monoisotopic (exact) mass is 566 g/mol. The molecule has 1 aliphatic carbocycles. The van der Waals surface area contributed by atoms with Crippen molar-refractivity contribution in [3.05, 3.63) is 111 Å². The summed E-state index contributed by atoms with van der Waals surface area (Å²) in [4.78, 5) is 28.5. The van der Waals surface area contributed by atoms with Crippen LogP contribution in [0.2, 0.25) is 0 Å². The molecule has 5 nitrogen and oxygen atoms in total. The summed E-state index contributed by atoms with van der Waals surface area (Å²) < 4.78 is 60.3. The fourth-order valence-corrected chi connectivity index (χ4v) is 4.51. The smallest absolute Gasteiger partial charge is 0.251 e. The molecule has 0 radical (unpaired) electrons. The lowest BCUT2D eigenvalue weighted by molar-refractivity contribution is -0.113. The highest BCUT2D eigenvalue weighted by atomic mass is 19.2. The van der Waals surface area contributed by atoms with Crippen LogP contribution in [-0.2, 0) is 4.79 Å². The first kappa shape index (κ1) is 29.7. The maximum absolute atomic E-state index is 13.8. The van der Waals surface area contributed by atoms with E-state index < -0.39 is 29.3 Å². The Morgan fingerprint density at radius 3 is 1.93 bits per heavy atom. The van der Waals surface area contributed by atoms with Gasteiger partial charge in [-0.3, -0.25) is 9.59 Å². The van der Waals surface area contributed by atoms with Crippen LogP contribution >= 0.6 is 0 Å². The summed E-state index contributed by atoms with van der Waals surface area (Å²) in [6, 6.07) is 11.1. The van der Waals surface area contributed by atoms with Crippen LogP contribution in [0.15, 0.2) is 65.7 Å². The van der Waals surface area contributed by atoms with Gasteiger partial charge in [0.1, 0.15) is 12.4 Å². The number of carbonyl (C=O) groups excluding carboxylic acids is 2. The standard InChI is InChI=1S/C32H30F4N2O3/c1-19-12-22(6-9-30(19)41-11-10-38(2)3)32(40)37-25-17-23(13-20-4-7-26(33)28(35)15-20)31(39)24(18-25)14-21-5-8-27(34)29(36)16-21/h4-9,12-16,25H,10-11,17-18H2,1-3H3,(H,37,40)/b23-13+,24-14+. The van der Waals surface area contributed by atoms with E-state index in [1.165, 1.54) is 24.3 Å². The fraction of sp³-hybridized carbons (Fsp3) is 0.250. The van der Waals surface area contributed by atoms with Crippen LogP contribution in [-0.4, -0.2) is 49.9 Å². The molecule has 0 unspecified atom stereocenters. The molecule has 1 aliphatic rings. The first-order valence-corrected chi connectivity index (χ1v) is 13.0. The van der Waals surface area contributed by atoms with Crippen molar-refractivity contribution < 1.29 is 31.9 Å². The summed E-state index contributed by atoms with van der Waals surface area (Å²) in [6.07, 6.45) is 3.13. The number of hydrogen-bond donors (Lipinski definition) is 1. The molecule has 41 heavy (non-hydrogen) atoms. The number of ether oxygens (including phenoxy) is 1. The topological polar surface area (TPSA) is 58.6 Å². The van der Waals surface area contributed by atoms with Gasteiger partial charge in [-0.15, -0.1) is 0 Å². The number of aryl methyl sites for hydroxylation is 1. The third kappa shape index (κ3) is 7.70. The van der Waals surface area contributed by atoms with Crippen LogP contribution in [0.5, 0.6) is 5.75 Å². The highest BCUT2D eigenvalue weighted by Crippen LogP contribution is 2.30. The van der Waals surface area contributed by atoms with Crippen LogP contribution in [0.25, 0.3) is 12.2 Å². The van der Waals surface area contributed by atoms with E-state index in [0.717, 1.165) is 36.4 Å². The predicted octanol–water partition coefficient (Wildman–Crippen LogP) is 6.12. The van der Waals surface area contributed by atoms with Crippen molar-refractivity contribution >= 4 is 23.8 Å². The number of hydrogen-bond acceptors (Lipinski definition) is 4. The zero-order valence-corrected chi connectivity index (χ0v) is 22.9. The Bertz CT molecular complexity index is 1460. The number of nitrogens with zero attached hydrogens (tertiary/aromatic N) is 1. The van der Waals surface area contributed by atoms with Gasteiger partial charge in [0, 0.05) is 29.3 Å². The zero-order valence-electron chi connectivity index (χ0n) is 22.9. The van der Waals surface area contributed by atoms with E-state index in [-0.39, 0.29) is 46.8 Å². The summed E-state index contributed by atoms with van der Waals surface area (Å²) in [6.45, 7) is 3.07. The fourth-order valence-electron chi connectivity index (χ4n) is 4.51. The summed E-state index contributed by atoms with van der Waals surface area (Å²) in [5, 5.41) is 2.94. The third-order valence-corrected chi connectivity index (χ3v) is 6.65. The Labute approximate surface area is 236 Å². The van der Waals surface area contributed by atoms with E-state index in [0.29, 0.717) is 17.9 Å². The molecule has 1 saturated carbocycles. The molecule has 0 heterocycles. The number of rotatable bonds is 8. The second-order valence-electron chi connectivity index (χ2n) is 10.2. The SMILES string of the molecule is Cc1cc(C(=O)NC2C/C(=C\c3ccc(F)c(F)c3)C(=O)/C(=C/c3ccc(F)c(F)c3)C2)ccc1OCCN(C)C. The maximum atomic E-state index is 13.8. The normalized spacial score (nSPS) is 17.4. The molecule has 0 bridgehead atoms. The zero-order chi connectivity index (χ0) is 29.7. The van der Waals surface area contributed by atoms with Gasteiger partial charge in [0.05, 0.1) is 0 Å². The van der Waals surface area contributed by atoms with Crippen molar-refractivity contribution in [1.82, 2.24) is 10.2 Å². The third-order valence-electron chi connectivity index (χ3n) is 6.65. The summed E-state index contributed by atoms with van der Waals surface area (Å²) in [7, 11) is 3.89. The molecule has 0 saturated heterocycles. The minimum absolute atomic E-state index is 0.128. The Balaban J connectivity index is 1.59. The molecule has 1 fully saturated rings. The van der Waals surface area contributed by atoms with Crippen LogP contribution in [0.3, 0.4) is 0 Å². The largest absolute Gasteiger partial charge is 0.492 e. The van der Waals surface area contributed by atoms with Gasteiger partial charge in [-0.2, -0.15) is 0 Å². The Kier molecular flexibility index (Phi) is 9.39. The minimum atomic E-state index is -1.06. The van der Waals surface area contributed by atoms with Gasteiger partial charge in [0.25, 0.3) is 5.91 Å². The molecule has 3 aromatic rings. The molecule has 4 rings (SSSR count). The second kappa shape index (κ2) is 13.0. The van der Waals surface area contributed by atoms with Crippen molar-refractivity contribution in [1.29, 1.82) is 0 Å². The van der Waals surface area contributed by atoms with E-state index >= 15 is 0 Å². The summed E-state index contributed by atoms with van der Waals surface area (Å²) >= 11 is 0. The summed E-state index contributed by atoms with van der Waals surface area (Å²) in [5.41, 5.74) is 2.23. The molecular formula is C32H30F4N2O3. The first-order valence-electron chi connectivity index (χ1n) is 13.0. The van der Waals surface area contributed by atoms with E-state index in [1.807, 2.05) is 25.9 Å². The van der Waals surface area contributed by atoms with Gasteiger partial charge >= 0.3 is 0 Å². The number of halogens is 4. The molecule has 214 valence electrons. The summed E-state index contributed by atoms with van der Waals surface area (Å²) in [5.74, 6) is -4.25. The Morgan fingerprint density at radius 1 is 0.878 bits per heavy atom. The van der Waals surface area contributed by atoms with Gasteiger partial charge in [0.15, 0.2) is 29.1 Å². The Hall–Kier alpha value is -4.24. The van der Waals surface area contributed by atoms with Crippen LogP contribution in [0.1, 0.15) is 39.9 Å². The number of amides is 1. The van der Waals surface area contributed by atoms with Crippen molar-refractivity contribution in [3.8, 4) is 5.75 Å². The molecule has 1 N–H and O–H groups in total. The van der Waals surface area contributed by atoms with Gasteiger partial charge in [-0.05, 0) is 105 Å². The predicted molar refractivity (Wildman–Crippen MR) is 149 cm³/mol. The number of nitrogens with one attached hydrogen (secondary N) is 1. The van der Waals surface area contributed by atoms with E-state index in [2.05, 4.69) is 5.32 Å². The number of benzene rings is 3. The lowest BCUT2D eigenvalue weighted by Crippen LogP contribution is -2.39. The molecule has 9 heteroatoms. The van der Waals surface area contributed by atoms with E-state index in [9.17, 15) is 27.2 Å². The molecule has 0 aromatic heterocycles. The maximum Gasteiger partial charge on any atom is 0.251 e. The second-order valence-corrected chi connectivity index (χ2v) is 10.2. The lowest BCUT2D eigenvalue weighted by atomic mass is 9.83. The van der Waals surface area contributed by atoms with Crippen LogP contribution in [0, 0.1) is 30.2 Å². The van der Waals surface area contributed by atoms with Crippen molar-refractivity contribution in [2.75, 3.05) is 27.2 Å². The van der Waals surface area contributed by atoms with Gasteiger partial charge in [-0.1, -0.05) is 12.1 Å². The minimum Gasteiger partial charge on any atom is -0.492 e. The van der Waals surface area contributed by atoms with Crippen LogP contribution < -0.4 is 10.1 Å². The molecule has 0 spiro atoms. The number of Topliss-reactive ketones (excluding diaryl/α,β-unsaturated/α-hetero) is 1. The van der Waals surface area contributed by atoms with Gasteiger partial charge in [-0.25, -0.2) is 17.6 Å². The highest BCUT2D eigenvalue weighted by Gasteiger charge is 2.29. The highest BCUT2D eigenvalue weighted by molar-refractivity contribution is 6.14. The van der Waals surface area contributed by atoms with Gasteiger partial charge in [0.2, 0.25) is 0 Å². The van der Waals surface area contributed by atoms with Crippen molar-refractivity contribution in [2.45, 2.75) is 25.8 Å². The molecule has 0 aliphatic heterocycles. The van der Waals surface area contributed by atoms with E-state index in [4.69, 9.17) is 4.74 Å². The number of likely N-dealkylation sites (N-methyl/N-ethyl adjacent to an activating group) is 1. The first-order chi connectivity index (χ1) is 19.5. The van der Waals surface area contributed by atoms with Crippen molar-refractivity contribution in [3.63, 3.8) is 0 Å². The average molecular weight is 567 g/mol. The van der Waals surface area contributed by atoms with Gasteiger partial charge < -0.3 is 15.0 Å². The molecule has 3 aromatic carbocycles. The molecule has 0 atom stereocenters.